The van der Waals surface area contributed by atoms with Crippen molar-refractivity contribution in [1.82, 2.24) is 0 Å². The number of halogens is 1. The van der Waals surface area contributed by atoms with Crippen molar-refractivity contribution in [3.8, 4) is 0 Å². The van der Waals surface area contributed by atoms with Crippen LogP contribution in [-0.4, -0.2) is 28.6 Å². The van der Waals surface area contributed by atoms with Crippen molar-refractivity contribution >= 4 is 21.9 Å². The molecule has 0 aliphatic carbocycles. The van der Waals surface area contributed by atoms with Crippen LogP contribution in [0.5, 0.6) is 0 Å². The Bertz CT molecular complexity index is 136. The third-order valence-corrected chi connectivity index (χ3v) is 2.07. The van der Waals surface area contributed by atoms with Crippen LogP contribution in [0, 0.1) is 0 Å². The first kappa shape index (κ1) is 11.9. The highest BCUT2D eigenvalue weighted by Crippen LogP contribution is 2.08. The number of rotatable bonds is 5. The quantitative estimate of drug-likeness (QED) is 0.583. The topological polar surface area (TPSA) is 46.5 Å². The lowest BCUT2D eigenvalue weighted by molar-refractivity contribution is -0.152. The normalized spacial score (nSPS) is 15.3. The second-order valence-corrected chi connectivity index (χ2v) is 3.99. The molecule has 0 amide bonds. The van der Waals surface area contributed by atoms with E-state index in [9.17, 15) is 4.79 Å². The molecule has 0 bridgehead atoms. The van der Waals surface area contributed by atoms with Crippen molar-refractivity contribution in [3.05, 3.63) is 0 Å². The standard InChI is InChI=1S/C8H15BrO3/c1-3-4-7(9)5-12-8(11)6(2)10/h6-7,10H,3-5H2,1-2H3. The van der Waals surface area contributed by atoms with Gasteiger partial charge < -0.3 is 9.84 Å². The Morgan fingerprint density at radius 2 is 2.25 bits per heavy atom. The summed E-state index contributed by atoms with van der Waals surface area (Å²) in [7, 11) is 0. The van der Waals surface area contributed by atoms with Gasteiger partial charge in [-0.3, -0.25) is 0 Å². The first-order chi connectivity index (χ1) is 5.57. The molecule has 72 valence electrons. The van der Waals surface area contributed by atoms with E-state index < -0.39 is 12.1 Å². The fourth-order valence-electron chi connectivity index (χ4n) is 0.690. The molecule has 0 rings (SSSR count). The highest BCUT2D eigenvalue weighted by atomic mass is 79.9. The molecule has 4 heteroatoms. The number of ether oxygens (including phenoxy) is 1. The Balaban J connectivity index is 3.47. The number of esters is 1. The minimum absolute atomic E-state index is 0.199. The van der Waals surface area contributed by atoms with Crippen LogP contribution >= 0.6 is 15.9 Å². The molecule has 0 heterocycles. The molecular weight excluding hydrogens is 224 g/mol. The van der Waals surface area contributed by atoms with Crippen molar-refractivity contribution in [1.29, 1.82) is 0 Å². The Morgan fingerprint density at radius 3 is 2.67 bits per heavy atom. The van der Waals surface area contributed by atoms with E-state index in [1.54, 1.807) is 0 Å². The predicted molar refractivity (Wildman–Crippen MR) is 50.3 cm³/mol. The second-order valence-electron chi connectivity index (χ2n) is 2.69. The first-order valence-electron chi connectivity index (χ1n) is 4.06. The fraction of sp³-hybridized carbons (Fsp3) is 0.875. The molecule has 0 radical (unpaired) electrons. The molecule has 0 aliphatic rings. The molecule has 0 aromatic rings. The van der Waals surface area contributed by atoms with Gasteiger partial charge in [0, 0.05) is 4.83 Å². The Hall–Kier alpha value is -0.0900. The van der Waals surface area contributed by atoms with E-state index in [1.165, 1.54) is 6.92 Å². The zero-order chi connectivity index (χ0) is 9.56. The van der Waals surface area contributed by atoms with Gasteiger partial charge in [-0.15, -0.1) is 0 Å². The number of carbonyl (C=O) groups excluding carboxylic acids is 1. The van der Waals surface area contributed by atoms with E-state index in [-0.39, 0.29) is 4.83 Å². The zero-order valence-corrected chi connectivity index (χ0v) is 9.00. The smallest absolute Gasteiger partial charge is 0.334 e. The maximum absolute atomic E-state index is 10.8. The molecule has 3 nitrogen and oxygen atoms in total. The van der Waals surface area contributed by atoms with E-state index in [0.29, 0.717) is 6.61 Å². The minimum atomic E-state index is -1.02. The van der Waals surface area contributed by atoms with Gasteiger partial charge >= 0.3 is 5.97 Å². The average Bonchev–Trinajstić information content (AvgIpc) is 2.00. The summed E-state index contributed by atoms with van der Waals surface area (Å²) in [6, 6.07) is 0. The van der Waals surface area contributed by atoms with Gasteiger partial charge in [0.05, 0.1) is 0 Å². The summed E-state index contributed by atoms with van der Waals surface area (Å²) in [6.07, 6.45) is 0.987. The van der Waals surface area contributed by atoms with Crippen LogP contribution in [0.1, 0.15) is 26.7 Å². The van der Waals surface area contributed by atoms with Crippen LogP contribution in [0.15, 0.2) is 0 Å². The van der Waals surface area contributed by atoms with Gasteiger partial charge in [0.2, 0.25) is 0 Å². The maximum atomic E-state index is 10.8. The molecule has 0 aromatic carbocycles. The molecule has 0 spiro atoms. The van der Waals surface area contributed by atoms with Gasteiger partial charge in [0.1, 0.15) is 12.7 Å². The van der Waals surface area contributed by atoms with Gasteiger partial charge in [-0.05, 0) is 13.3 Å². The van der Waals surface area contributed by atoms with Crippen molar-refractivity contribution in [2.24, 2.45) is 0 Å². The summed E-state index contributed by atoms with van der Waals surface area (Å²) < 4.78 is 4.78. The minimum Gasteiger partial charge on any atom is -0.463 e. The Kier molecular flexibility index (Phi) is 6.38. The van der Waals surface area contributed by atoms with Gasteiger partial charge in [-0.2, -0.15) is 0 Å². The number of aliphatic hydroxyl groups excluding tert-OH is 1. The molecule has 0 aliphatic heterocycles. The summed E-state index contributed by atoms with van der Waals surface area (Å²) in [5.74, 6) is -0.560. The highest BCUT2D eigenvalue weighted by Gasteiger charge is 2.12. The molecule has 0 saturated carbocycles. The average molecular weight is 239 g/mol. The molecule has 0 fully saturated rings. The van der Waals surface area contributed by atoms with Crippen molar-refractivity contribution < 1.29 is 14.6 Å². The van der Waals surface area contributed by atoms with E-state index in [4.69, 9.17) is 9.84 Å². The van der Waals surface area contributed by atoms with Crippen LogP contribution < -0.4 is 0 Å². The van der Waals surface area contributed by atoms with Crippen molar-refractivity contribution in [2.45, 2.75) is 37.6 Å². The lowest BCUT2D eigenvalue weighted by Gasteiger charge is -2.10. The number of carbonyl (C=O) groups is 1. The monoisotopic (exact) mass is 238 g/mol. The molecule has 1 N–H and O–H groups in total. The van der Waals surface area contributed by atoms with E-state index >= 15 is 0 Å². The third-order valence-electron chi connectivity index (χ3n) is 1.35. The molecule has 0 saturated heterocycles. The summed E-state index contributed by atoms with van der Waals surface area (Å²) in [6.45, 7) is 3.79. The molecule has 2 unspecified atom stereocenters. The first-order valence-corrected chi connectivity index (χ1v) is 4.98. The number of hydrogen-bond acceptors (Lipinski definition) is 3. The number of aliphatic hydroxyl groups is 1. The van der Waals surface area contributed by atoms with E-state index in [1.807, 2.05) is 0 Å². The highest BCUT2D eigenvalue weighted by molar-refractivity contribution is 9.09. The van der Waals surface area contributed by atoms with Gasteiger partial charge in [-0.1, -0.05) is 29.3 Å². The van der Waals surface area contributed by atoms with Gasteiger partial charge in [0.15, 0.2) is 0 Å². The largest absolute Gasteiger partial charge is 0.463 e. The SMILES string of the molecule is CCCC(Br)COC(=O)C(C)O. The second kappa shape index (κ2) is 6.43. The molecular formula is C8H15BrO3. The number of alkyl halides is 1. The van der Waals surface area contributed by atoms with E-state index in [2.05, 4.69) is 22.9 Å². The zero-order valence-electron chi connectivity index (χ0n) is 7.42. The Labute approximate surface area is 81.2 Å². The van der Waals surface area contributed by atoms with Gasteiger partial charge in [0.25, 0.3) is 0 Å². The van der Waals surface area contributed by atoms with Crippen LogP contribution in [0.25, 0.3) is 0 Å². The van der Waals surface area contributed by atoms with E-state index in [0.717, 1.165) is 12.8 Å². The maximum Gasteiger partial charge on any atom is 0.334 e. The third kappa shape index (κ3) is 5.55. The number of hydrogen-bond donors (Lipinski definition) is 1. The predicted octanol–water partition coefficient (Wildman–Crippen LogP) is 1.47. The lowest BCUT2D eigenvalue weighted by Crippen LogP contribution is -2.22. The van der Waals surface area contributed by atoms with Gasteiger partial charge in [-0.25, -0.2) is 4.79 Å². The summed E-state index contributed by atoms with van der Waals surface area (Å²) in [4.78, 5) is 11.0. The summed E-state index contributed by atoms with van der Waals surface area (Å²) in [5, 5.41) is 8.77. The summed E-state index contributed by atoms with van der Waals surface area (Å²) in [5.41, 5.74) is 0. The lowest BCUT2D eigenvalue weighted by atomic mass is 10.3. The summed E-state index contributed by atoms with van der Waals surface area (Å²) >= 11 is 3.36. The van der Waals surface area contributed by atoms with Crippen LogP contribution in [0.4, 0.5) is 0 Å². The van der Waals surface area contributed by atoms with Crippen molar-refractivity contribution in [2.75, 3.05) is 6.61 Å². The van der Waals surface area contributed by atoms with Crippen LogP contribution in [-0.2, 0) is 9.53 Å². The Morgan fingerprint density at radius 1 is 1.67 bits per heavy atom. The fourth-order valence-corrected chi connectivity index (χ4v) is 1.28. The van der Waals surface area contributed by atoms with Crippen LogP contribution in [0.2, 0.25) is 0 Å². The van der Waals surface area contributed by atoms with Crippen LogP contribution in [0.3, 0.4) is 0 Å². The molecule has 2 atom stereocenters. The molecule has 0 aromatic heterocycles. The molecule has 12 heavy (non-hydrogen) atoms. The van der Waals surface area contributed by atoms with Crippen molar-refractivity contribution in [3.63, 3.8) is 0 Å².